The molecule has 1 aliphatic rings. The molecule has 1 aliphatic heterocycles. The lowest BCUT2D eigenvalue weighted by Crippen LogP contribution is -2.37. The highest BCUT2D eigenvalue weighted by Gasteiger charge is 2.26. The number of amides is 1. The average Bonchev–Trinajstić information content (AvgIpc) is 3.43. The van der Waals surface area contributed by atoms with Crippen LogP contribution in [0.3, 0.4) is 0 Å². The van der Waals surface area contributed by atoms with Crippen molar-refractivity contribution in [2.75, 3.05) is 39.1 Å². The second-order valence-electron chi connectivity index (χ2n) is 7.03. The van der Waals surface area contributed by atoms with Crippen molar-refractivity contribution in [3.05, 3.63) is 41.2 Å². The molecule has 1 fully saturated rings. The van der Waals surface area contributed by atoms with E-state index in [4.69, 9.17) is 15.2 Å². The zero-order valence-corrected chi connectivity index (χ0v) is 18.9. The van der Waals surface area contributed by atoms with E-state index in [0.717, 1.165) is 5.56 Å². The summed E-state index contributed by atoms with van der Waals surface area (Å²) >= 11 is 0. The van der Waals surface area contributed by atoms with Crippen LogP contribution in [0.15, 0.2) is 34.0 Å². The van der Waals surface area contributed by atoms with Gasteiger partial charge in [0.1, 0.15) is 5.75 Å². The first kappa shape index (κ1) is 24.1. The van der Waals surface area contributed by atoms with Crippen LogP contribution in [0.5, 0.6) is 5.75 Å². The molecule has 0 saturated carbocycles. The van der Waals surface area contributed by atoms with Crippen LogP contribution in [-0.4, -0.2) is 75.2 Å². The Labute approximate surface area is 195 Å². The normalized spacial score (nSPS) is 14.5. The molecule has 1 amide bonds. The average molecular weight is 478 g/mol. The van der Waals surface area contributed by atoms with E-state index in [9.17, 15) is 4.79 Å². The van der Waals surface area contributed by atoms with Gasteiger partial charge in [-0.15, -0.1) is 17.5 Å². The summed E-state index contributed by atoms with van der Waals surface area (Å²) in [7, 11) is 1.59. The molecule has 0 bridgehead atoms. The summed E-state index contributed by atoms with van der Waals surface area (Å²) in [5.74, 6) is 0.377. The summed E-state index contributed by atoms with van der Waals surface area (Å²) in [4.78, 5) is 15.1. The number of nitrogens with two attached hydrogens (primary N) is 1. The van der Waals surface area contributed by atoms with E-state index in [2.05, 4.69) is 40.7 Å². The number of hydrogen-bond donors (Lipinski definition) is 2. The Kier molecular flexibility index (Phi) is 7.92. The van der Waals surface area contributed by atoms with Crippen LogP contribution in [0.2, 0.25) is 0 Å². The fraction of sp³-hybridized carbons (Fsp3) is 0.368. The molecule has 0 unspecified atom stereocenters. The summed E-state index contributed by atoms with van der Waals surface area (Å²) in [5.41, 5.74) is 10.4. The van der Waals surface area contributed by atoms with E-state index >= 15 is 0 Å². The lowest BCUT2D eigenvalue weighted by molar-refractivity contribution is 0.0332. The molecule has 14 heteroatoms. The van der Waals surface area contributed by atoms with Crippen molar-refractivity contribution in [1.29, 1.82) is 0 Å². The number of carbonyl (C=O) groups excluding carboxylic acids is 1. The van der Waals surface area contributed by atoms with Crippen LogP contribution in [0.4, 0.5) is 5.82 Å². The van der Waals surface area contributed by atoms with Crippen molar-refractivity contribution in [3.63, 3.8) is 0 Å². The highest BCUT2D eigenvalue weighted by atomic mass is 35.5. The Morgan fingerprint density at radius 3 is 2.79 bits per heavy atom. The van der Waals surface area contributed by atoms with Crippen molar-refractivity contribution in [1.82, 2.24) is 35.6 Å². The number of hydrogen-bond acceptors (Lipinski definition) is 11. The van der Waals surface area contributed by atoms with Gasteiger partial charge in [-0.25, -0.2) is 10.1 Å². The van der Waals surface area contributed by atoms with Gasteiger partial charge in [0.05, 0.1) is 31.7 Å². The van der Waals surface area contributed by atoms with Gasteiger partial charge in [0.2, 0.25) is 11.6 Å². The van der Waals surface area contributed by atoms with Gasteiger partial charge in [-0.1, -0.05) is 17.3 Å². The van der Waals surface area contributed by atoms with Gasteiger partial charge in [0.25, 0.3) is 5.91 Å². The summed E-state index contributed by atoms with van der Waals surface area (Å²) < 4.78 is 16.7. The fourth-order valence-electron chi connectivity index (χ4n) is 3.20. The lowest BCUT2D eigenvalue weighted by atomic mass is 10.1. The molecule has 0 atom stereocenters. The molecule has 0 aliphatic carbocycles. The number of hydrazone groups is 1. The maximum Gasteiger partial charge on any atom is 0.293 e. The third-order valence-electron chi connectivity index (χ3n) is 4.96. The Morgan fingerprint density at radius 1 is 1.30 bits per heavy atom. The topological polar surface area (TPSA) is 159 Å². The SMILES string of the molecule is COc1cccc(/C(C)=N/NC(=O)c2nnn(-c3nonc3N)c2CN2CCOCC2)c1.Cl. The number of halogens is 1. The largest absolute Gasteiger partial charge is 0.497 e. The molecule has 176 valence electrons. The summed E-state index contributed by atoms with van der Waals surface area (Å²) in [6.07, 6.45) is 0. The quantitative estimate of drug-likeness (QED) is 0.365. The van der Waals surface area contributed by atoms with Gasteiger partial charge in [-0.2, -0.15) is 9.78 Å². The van der Waals surface area contributed by atoms with Crippen LogP contribution in [0.25, 0.3) is 5.82 Å². The molecule has 1 saturated heterocycles. The maximum absolute atomic E-state index is 12.9. The summed E-state index contributed by atoms with van der Waals surface area (Å²) in [5, 5.41) is 19.7. The van der Waals surface area contributed by atoms with Gasteiger partial charge in [0, 0.05) is 25.2 Å². The number of nitrogen functional groups attached to an aromatic ring is 1. The predicted molar refractivity (Wildman–Crippen MR) is 120 cm³/mol. The zero-order valence-electron chi connectivity index (χ0n) is 18.1. The minimum Gasteiger partial charge on any atom is -0.497 e. The molecule has 0 spiro atoms. The second-order valence-corrected chi connectivity index (χ2v) is 7.03. The van der Waals surface area contributed by atoms with Gasteiger partial charge >= 0.3 is 0 Å². The Morgan fingerprint density at radius 2 is 2.09 bits per heavy atom. The smallest absolute Gasteiger partial charge is 0.293 e. The van der Waals surface area contributed by atoms with Gasteiger partial charge < -0.3 is 15.2 Å². The number of carbonyl (C=O) groups is 1. The van der Waals surface area contributed by atoms with Crippen molar-refractivity contribution >= 4 is 29.8 Å². The summed E-state index contributed by atoms with van der Waals surface area (Å²) in [6, 6.07) is 7.37. The van der Waals surface area contributed by atoms with E-state index < -0.39 is 5.91 Å². The number of methoxy groups -OCH3 is 1. The molecule has 3 heterocycles. The number of anilines is 1. The Hall–Kier alpha value is -3.55. The standard InChI is InChI=1S/C19H23N9O4.ClH/c1-12(13-4-3-5-14(10-13)30-2)21-23-19(29)16-15(11-27-6-8-31-9-7-27)28(26-22-16)18-17(20)24-32-25-18;/h3-5,10H,6-9,11H2,1-2H3,(H2,20,24)(H,23,29);1H/b21-12+;. The fourth-order valence-corrected chi connectivity index (χ4v) is 3.20. The van der Waals surface area contributed by atoms with E-state index in [1.807, 2.05) is 24.3 Å². The van der Waals surface area contributed by atoms with Crippen LogP contribution < -0.4 is 15.9 Å². The number of morpholine rings is 1. The second kappa shape index (κ2) is 10.8. The molecular formula is C19H24ClN9O4. The molecule has 0 radical (unpaired) electrons. The van der Waals surface area contributed by atoms with E-state index in [1.54, 1.807) is 14.0 Å². The maximum atomic E-state index is 12.9. The number of benzene rings is 1. The number of rotatable bonds is 7. The highest BCUT2D eigenvalue weighted by molar-refractivity contribution is 6.00. The molecular weight excluding hydrogens is 454 g/mol. The van der Waals surface area contributed by atoms with Crippen molar-refractivity contribution in [2.45, 2.75) is 13.5 Å². The molecule has 13 nitrogen and oxygen atoms in total. The van der Waals surface area contributed by atoms with Crippen LogP contribution in [0.1, 0.15) is 28.7 Å². The minimum absolute atomic E-state index is 0. The first-order valence-corrected chi connectivity index (χ1v) is 9.89. The lowest BCUT2D eigenvalue weighted by Gasteiger charge is -2.26. The van der Waals surface area contributed by atoms with E-state index in [-0.39, 0.29) is 29.7 Å². The van der Waals surface area contributed by atoms with Crippen molar-refractivity contribution in [2.24, 2.45) is 5.10 Å². The zero-order chi connectivity index (χ0) is 22.5. The number of aromatic nitrogens is 5. The third kappa shape index (κ3) is 5.45. The monoisotopic (exact) mass is 477 g/mol. The van der Waals surface area contributed by atoms with Crippen molar-refractivity contribution in [3.8, 4) is 11.6 Å². The van der Waals surface area contributed by atoms with Crippen LogP contribution in [-0.2, 0) is 11.3 Å². The van der Waals surface area contributed by atoms with E-state index in [1.165, 1.54) is 4.68 Å². The highest BCUT2D eigenvalue weighted by Crippen LogP contribution is 2.18. The number of nitrogens with zero attached hydrogens (tertiary/aromatic N) is 7. The van der Waals surface area contributed by atoms with Crippen molar-refractivity contribution < 1.29 is 18.9 Å². The van der Waals surface area contributed by atoms with Gasteiger partial charge in [-0.05, 0) is 29.4 Å². The van der Waals surface area contributed by atoms with E-state index in [0.29, 0.717) is 50.0 Å². The van der Waals surface area contributed by atoms with Crippen LogP contribution >= 0.6 is 12.4 Å². The van der Waals surface area contributed by atoms with Gasteiger partial charge in [-0.3, -0.25) is 9.69 Å². The van der Waals surface area contributed by atoms with Gasteiger partial charge in [0.15, 0.2) is 5.69 Å². The number of nitrogens with one attached hydrogen (secondary N) is 1. The molecule has 4 rings (SSSR count). The summed E-state index contributed by atoms with van der Waals surface area (Å²) in [6.45, 7) is 4.76. The molecule has 3 aromatic rings. The Bertz CT molecular complexity index is 1120. The first-order valence-electron chi connectivity index (χ1n) is 9.89. The Balaban J connectivity index is 0.00000306. The number of ether oxygens (including phenoxy) is 2. The molecule has 2 aromatic heterocycles. The predicted octanol–water partition coefficient (Wildman–Crippen LogP) is 0.649. The molecule has 1 aromatic carbocycles. The molecule has 33 heavy (non-hydrogen) atoms. The third-order valence-corrected chi connectivity index (χ3v) is 4.96. The molecule has 3 N–H and O–H groups in total. The van der Waals surface area contributed by atoms with Crippen LogP contribution in [0, 0.1) is 0 Å². The first-order chi connectivity index (χ1) is 15.6. The minimum atomic E-state index is -0.517.